The summed E-state index contributed by atoms with van der Waals surface area (Å²) >= 11 is 0. The lowest BCUT2D eigenvalue weighted by atomic mass is 9.81. The fraction of sp³-hybridized carbons (Fsp3) is 0.727. The van der Waals surface area contributed by atoms with Gasteiger partial charge < -0.3 is 16.0 Å². The Morgan fingerprint density at radius 2 is 1.83 bits per heavy atom. The summed E-state index contributed by atoms with van der Waals surface area (Å²) < 4.78 is 53.8. The van der Waals surface area contributed by atoms with Crippen LogP contribution >= 0.6 is 0 Å². The minimum Gasteiger partial charge on any atom is -0.316 e. The molecule has 2 unspecified atom stereocenters. The molecule has 1 aromatic rings. The number of benzene rings is 1. The van der Waals surface area contributed by atoms with E-state index in [1.54, 1.807) is 0 Å². The van der Waals surface area contributed by atoms with Crippen molar-refractivity contribution in [2.45, 2.75) is 69.9 Å². The van der Waals surface area contributed by atoms with Crippen LogP contribution in [0, 0.1) is 17.0 Å². The molecule has 29 heavy (non-hydrogen) atoms. The van der Waals surface area contributed by atoms with Crippen LogP contribution in [0.15, 0.2) is 18.2 Å². The first kappa shape index (κ1) is 22.5. The molecule has 0 amide bonds. The molecule has 0 radical (unpaired) electrons. The maximum absolute atomic E-state index is 14.4. The molecule has 1 aromatic carbocycles. The molecule has 1 saturated heterocycles. The molecule has 1 aliphatic heterocycles. The zero-order chi connectivity index (χ0) is 20.7. The van der Waals surface area contributed by atoms with Crippen molar-refractivity contribution in [3.05, 3.63) is 35.4 Å². The molecule has 0 bridgehead atoms. The highest BCUT2D eigenvalue weighted by molar-refractivity contribution is 5.22. The fourth-order valence-corrected chi connectivity index (χ4v) is 4.96. The van der Waals surface area contributed by atoms with Gasteiger partial charge in [-0.2, -0.15) is 0 Å². The van der Waals surface area contributed by atoms with E-state index in [-0.39, 0.29) is 11.6 Å². The average Bonchev–Trinajstić information content (AvgIpc) is 3.15. The topological polar surface area (TPSA) is 36.1 Å². The Labute approximate surface area is 171 Å². The van der Waals surface area contributed by atoms with E-state index in [0.717, 1.165) is 38.1 Å². The molecule has 3 rings (SSSR count). The number of halogens is 4. The molecule has 164 valence electrons. The van der Waals surface area contributed by atoms with Crippen LogP contribution < -0.4 is 16.0 Å². The molecular weight excluding hydrogens is 382 g/mol. The third-order valence-electron chi connectivity index (χ3n) is 6.52. The first-order valence-electron chi connectivity index (χ1n) is 10.9. The molecule has 3 N–H and O–H groups in total. The minimum atomic E-state index is -2.44. The number of alkyl halides is 2. The average molecular weight is 416 g/mol. The van der Waals surface area contributed by atoms with Crippen LogP contribution in [0.5, 0.6) is 0 Å². The molecule has 1 saturated carbocycles. The predicted octanol–water partition coefficient (Wildman–Crippen LogP) is 4.54. The number of hydrogen-bond acceptors (Lipinski definition) is 3. The van der Waals surface area contributed by atoms with Gasteiger partial charge in [-0.1, -0.05) is 12.8 Å². The summed E-state index contributed by atoms with van der Waals surface area (Å²) in [7, 11) is 0. The van der Waals surface area contributed by atoms with Crippen molar-refractivity contribution < 1.29 is 17.6 Å². The Morgan fingerprint density at radius 3 is 2.59 bits per heavy atom. The van der Waals surface area contributed by atoms with Gasteiger partial charge in [-0.15, -0.1) is 0 Å². The zero-order valence-corrected chi connectivity index (χ0v) is 17.0. The second-order valence-electron chi connectivity index (χ2n) is 8.68. The summed E-state index contributed by atoms with van der Waals surface area (Å²) in [4.78, 5) is 0. The summed E-state index contributed by atoms with van der Waals surface area (Å²) in [5, 5.41) is 9.86. The Bertz CT molecular complexity index is 634. The Morgan fingerprint density at radius 1 is 1.07 bits per heavy atom. The summed E-state index contributed by atoms with van der Waals surface area (Å²) in [6.45, 7) is 1.99. The second kappa shape index (κ2) is 10.7. The minimum absolute atomic E-state index is 0.212. The van der Waals surface area contributed by atoms with Crippen molar-refractivity contribution in [1.29, 1.82) is 0 Å². The van der Waals surface area contributed by atoms with E-state index in [0.29, 0.717) is 24.8 Å². The molecular formula is C22H33F4N3. The highest BCUT2D eigenvalue weighted by atomic mass is 19.3. The van der Waals surface area contributed by atoms with Gasteiger partial charge in [-0.05, 0) is 75.2 Å². The summed E-state index contributed by atoms with van der Waals surface area (Å²) in [5.41, 5.74) is 0.585. The quantitative estimate of drug-likeness (QED) is 0.632. The molecule has 2 fully saturated rings. The van der Waals surface area contributed by atoms with E-state index in [1.807, 2.05) is 0 Å². The fourth-order valence-electron chi connectivity index (χ4n) is 4.96. The van der Waals surface area contributed by atoms with Crippen LogP contribution in [0.3, 0.4) is 0 Å². The third-order valence-corrected chi connectivity index (χ3v) is 6.52. The lowest BCUT2D eigenvalue weighted by molar-refractivity contribution is 0.138. The second-order valence-corrected chi connectivity index (χ2v) is 8.68. The van der Waals surface area contributed by atoms with Crippen LogP contribution in [-0.4, -0.2) is 38.6 Å². The van der Waals surface area contributed by atoms with E-state index in [1.165, 1.54) is 31.7 Å². The van der Waals surface area contributed by atoms with Gasteiger partial charge in [0.1, 0.15) is 11.6 Å². The summed E-state index contributed by atoms with van der Waals surface area (Å²) in [6, 6.07) is 2.84. The molecule has 0 aromatic heterocycles. The van der Waals surface area contributed by atoms with Crippen molar-refractivity contribution in [2.24, 2.45) is 5.41 Å². The van der Waals surface area contributed by atoms with E-state index < -0.39 is 30.6 Å². The normalized spacial score (nSPS) is 26.4. The van der Waals surface area contributed by atoms with E-state index >= 15 is 0 Å². The monoisotopic (exact) mass is 415 g/mol. The van der Waals surface area contributed by atoms with Crippen molar-refractivity contribution in [1.82, 2.24) is 16.0 Å². The van der Waals surface area contributed by atoms with Crippen molar-refractivity contribution in [2.75, 3.05) is 26.2 Å². The lowest BCUT2D eigenvalue weighted by Crippen LogP contribution is -2.41. The zero-order valence-electron chi connectivity index (χ0n) is 17.0. The molecule has 2 aliphatic rings. The standard InChI is InChI=1S/C22H33F4N3/c23-16-4-5-19(24)18(12-16)20-13-17(29-14-21(25)26)6-11-27-15-22(7-1-2-8-22)9-3-10-28-20/h4-5,12,17,20-21,27-29H,1-3,6-11,13-15H2. The highest BCUT2D eigenvalue weighted by Crippen LogP contribution is 2.41. The van der Waals surface area contributed by atoms with E-state index in [4.69, 9.17) is 0 Å². The van der Waals surface area contributed by atoms with Crippen molar-refractivity contribution >= 4 is 0 Å². The molecule has 1 aliphatic carbocycles. The van der Waals surface area contributed by atoms with Crippen LogP contribution in [0.25, 0.3) is 0 Å². The first-order chi connectivity index (χ1) is 14.0. The summed E-state index contributed by atoms with van der Waals surface area (Å²) in [6.07, 6.45) is 5.67. The SMILES string of the molecule is Fc1ccc(F)c(C2CC(NCC(F)F)CCNCC3(CCCC3)CCCN2)c1. The highest BCUT2D eigenvalue weighted by Gasteiger charge is 2.33. The summed E-state index contributed by atoms with van der Waals surface area (Å²) in [5.74, 6) is -0.952. The smallest absolute Gasteiger partial charge is 0.250 e. The predicted molar refractivity (Wildman–Crippen MR) is 107 cm³/mol. The van der Waals surface area contributed by atoms with E-state index in [9.17, 15) is 17.6 Å². The van der Waals surface area contributed by atoms with Gasteiger partial charge in [0.05, 0.1) is 6.54 Å². The Balaban J connectivity index is 1.75. The lowest BCUT2D eigenvalue weighted by Gasteiger charge is -2.32. The number of nitrogens with one attached hydrogen (secondary N) is 3. The Kier molecular flexibility index (Phi) is 8.33. The molecule has 2 atom stereocenters. The Hall–Kier alpha value is -1.18. The van der Waals surface area contributed by atoms with Gasteiger partial charge in [0.15, 0.2) is 0 Å². The maximum Gasteiger partial charge on any atom is 0.250 e. The number of hydrogen-bond donors (Lipinski definition) is 3. The van der Waals surface area contributed by atoms with Crippen LogP contribution in [0.2, 0.25) is 0 Å². The van der Waals surface area contributed by atoms with Gasteiger partial charge in [0, 0.05) is 24.2 Å². The molecule has 7 heteroatoms. The number of rotatable bonds is 4. The van der Waals surface area contributed by atoms with Gasteiger partial charge >= 0.3 is 0 Å². The largest absolute Gasteiger partial charge is 0.316 e. The molecule has 3 nitrogen and oxygen atoms in total. The molecule has 1 heterocycles. The van der Waals surface area contributed by atoms with Gasteiger partial charge in [0.2, 0.25) is 0 Å². The van der Waals surface area contributed by atoms with E-state index in [2.05, 4.69) is 16.0 Å². The van der Waals surface area contributed by atoms with Crippen molar-refractivity contribution in [3.63, 3.8) is 0 Å². The van der Waals surface area contributed by atoms with Crippen LogP contribution in [-0.2, 0) is 0 Å². The maximum atomic E-state index is 14.4. The van der Waals surface area contributed by atoms with Crippen LogP contribution in [0.1, 0.15) is 63.0 Å². The van der Waals surface area contributed by atoms with Gasteiger partial charge in [-0.3, -0.25) is 0 Å². The first-order valence-corrected chi connectivity index (χ1v) is 10.9. The van der Waals surface area contributed by atoms with Gasteiger partial charge in [-0.25, -0.2) is 17.6 Å². The molecule has 1 spiro atoms. The third kappa shape index (κ3) is 6.66. The van der Waals surface area contributed by atoms with Crippen LogP contribution in [0.4, 0.5) is 17.6 Å². The van der Waals surface area contributed by atoms with Crippen molar-refractivity contribution in [3.8, 4) is 0 Å². The van der Waals surface area contributed by atoms with Gasteiger partial charge in [0.25, 0.3) is 6.43 Å².